The van der Waals surface area contributed by atoms with Gasteiger partial charge in [0.25, 0.3) is 10.0 Å². The van der Waals surface area contributed by atoms with Crippen molar-refractivity contribution in [2.75, 3.05) is 25.0 Å². The standard InChI is InChI=1S/C17H18ClN5O2S/c1-22(16-14-4-2-3-5-15(14)26(24,25)21-16)13-6-8-23(9-7-13)17-19-10-12(18)11-20-17/h2-5,10-11,13H,6-9H2,1H3. The molecule has 2 aliphatic rings. The van der Waals surface area contributed by atoms with Gasteiger partial charge in [-0.05, 0) is 25.0 Å². The second-order valence-corrected chi connectivity index (χ2v) is 8.43. The van der Waals surface area contributed by atoms with E-state index in [4.69, 9.17) is 11.6 Å². The Bertz CT molecular complexity index is 953. The maximum Gasteiger partial charge on any atom is 0.285 e. The molecule has 2 aromatic rings. The van der Waals surface area contributed by atoms with Gasteiger partial charge in [-0.3, -0.25) is 0 Å². The molecule has 1 aromatic heterocycles. The average Bonchev–Trinajstić information content (AvgIpc) is 2.94. The fraction of sp³-hybridized carbons (Fsp3) is 0.353. The van der Waals surface area contributed by atoms with Gasteiger partial charge in [-0.25, -0.2) is 9.97 Å². The van der Waals surface area contributed by atoms with E-state index in [-0.39, 0.29) is 10.9 Å². The maximum atomic E-state index is 12.3. The number of benzene rings is 1. The first-order valence-corrected chi connectivity index (χ1v) is 10.2. The Morgan fingerprint density at radius 3 is 2.50 bits per heavy atom. The number of halogens is 1. The van der Waals surface area contributed by atoms with Crippen molar-refractivity contribution in [3.63, 3.8) is 0 Å². The van der Waals surface area contributed by atoms with E-state index in [0.29, 0.717) is 22.4 Å². The highest BCUT2D eigenvalue weighted by Crippen LogP contribution is 2.29. The predicted octanol–water partition coefficient (Wildman–Crippen LogP) is 2.18. The molecule has 1 aromatic carbocycles. The summed E-state index contributed by atoms with van der Waals surface area (Å²) in [6.07, 6.45) is 4.92. The second-order valence-electron chi connectivity index (χ2n) is 6.42. The minimum atomic E-state index is -3.59. The normalized spacial score (nSPS) is 19.2. The van der Waals surface area contributed by atoms with Crippen molar-refractivity contribution in [2.24, 2.45) is 4.40 Å². The number of rotatable bonds is 2. The summed E-state index contributed by atoms with van der Waals surface area (Å²) in [6, 6.07) is 7.18. The molecule has 136 valence electrons. The lowest BCUT2D eigenvalue weighted by Gasteiger charge is -2.37. The molecule has 0 bridgehead atoms. The lowest BCUT2D eigenvalue weighted by molar-refractivity contribution is 0.305. The van der Waals surface area contributed by atoms with Gasteiger partial charge >= 0.3 is 0 Å². The zero-order valence-electron chi connectivity index (χ0n) is 14.2. The summed E-state index contributed by atoms with van der Waals surface area (Å²) >= 11 is 5.84. The molecule has 26 heavy (non-hydrogen) atoms. The zero-order chi connectivity index (χ0) is 18.3. The Morgan fingerprint density at radius 2 is 1.81 bits per heavy atom. The zero-order valence-corrected chi connectivity index (χ0v) is 15.8. The molecule has 0 atom stereocenters. The molecule has 2 aliphatic heterocycles. The Hall–Kier alpha value is -2.19. The van der Waals surface area contributed by atoms with Crippen LogP contribution in [0.2, 0.25) is 5.02 Å². The van der Waals surface area contributed by atoms with Crippen LogP contribution in [-0.2, 0) is 10.0 Å². The highest BCUT2D eigenvalue weighted by molar-refractivity contribution is 7.90. The van der Waals surface area contributed by atoms with Gasteiger partial charge in [0, 0.05) is 31.7 Å². The molecule has 0 radical (unpaired) electrons. The van der Waals surface area contributed by atoms with Crippen LogP contribution < -0.4 is 4.90 Å². The number of sulfonamides is 1. The van der Waals surface area contributed by atoms with E-state index in [1.165, 1.54) is 0 Å². The number of aromatic nitrogens is 2. The molecular weight excluding hydrogens is 374 g/mol. The third kappa shape index (κ3) is 3.03. The lowest BCUT2D eigenvalue weighted by atomic mass is 10.0. The summed E-state index contributed by atoms with van der Waals surface area (Å²) in [4.78, 5) is 12.9. The van der Waals surface area contributed by atoms with Crippen LogP contribution in [0.4, 0.5) is 5.95 Å². The van der Waals surface area contributed by atoms with Crippen molar-refractivity contribution in [3.05, 3.63) is 47.2 Å². The smallest absolute Gasteiger partial charge is 0.285 e. The lowest BCUT2D eigenvalue weighted by Crippen LogP contribution is -2.46. The van der Waals surface area contributed by atoms with E-state index < -0.39 is 10.0 Å². The number of hydrogen-bond acceptors (Lipinski definition) is 6. The van der Waals surface area contributed by atoms with Gasteiger partial charge in [0.05, 0.1) is 17.4 Å². The van der Waals surface area contributed by atoms with Crippen LogP contribution in [-0.4, -0.2) is 55.3 Å². The molecular formula is C17H18ClN5O2S. The van der Waals surface area contributed by atoms with Crippen molar-refractivity contribution in [1.82, 2.24) is 14.9 Å². The number of fused-ring (bicyclic) bond motifs is 1. The van der Waals surface area contributed by atoms with Crippen molar-refractivity contribution >= 4 is 33.4 Å². The molecule has 0 unspecified atom stereocenters. The molecule has 9 heteroatoms. The second kappa shape index (κ2) is 6.51. The van der Waals surface area contributed by atoms with Crippen molar-refractivity contribution in [2.45, 2.75) is 23.8 Å². The summed E-state index contributed by atoms with van der Waals surface area (Å²) in [5.41, 5.74) is 0.679. The van der Waals surface area contributed by atoms with Gasteiger partial charge in [-0.15, -0.1) is 4.40 Å². The Morgan fingerprint density at radius 1 is 1.15 bits per heavy atom. The van der Waals surface area contributed by atoms with E-state index in [2.05, 4.69) is 19.3 Å². The fourth-order valence-corrected chi connectivity index (χ4v) is 4.78. The van der Waals surface area contributed by atoms with Gasteiger partial charge in [-0.2, -0.15) is 8.42 Å². The molecule has 1 saturated heterocycles. The van der Waals surface area contributed by atoms with Crippen molar-refractivity contribution in [1.29, 1.82) is 0 Å². The molecule has 4 rings (SSSR count). The van der Waals surface area contributed by atoms with Crippen LogP contribution in [0.1, 0.15) is 18.4 Å². The first-order valence-electron chi connectivity index (χ1n) is 8.35. The first-order chi connectivity index (χ1) is 12.5. The van der Waals surface area contributed by atoms with Crippen LogP contribution >= 0.6 is 11.6 Å². The van der Waals surface area contributed by atoms with E-state index in [1.54, 1.807) is 24.5 Å². The molecule has 3 heterocycles. The monoisotopic (exact) mass is 391 g/mol. The van der Waals surface area contributed by atoms with Crippen LogP contribution in [0.5, 0.6) is 0 Å². The van der Waals surface area contributed by atoms with Crippen molar-refractivity contribution < 1.29 is 8.42 Å². The Balaban J connectivity index is 1.49. The SMILES string of the molecule is CN(C1=NS(=O)(=O)c2ccccc21)C1CCN(c2ncc(Cl)cn2)CC1. The van der Waals surface area contributed by atoms with E-state index >= 15 is 0 Å². The largest absolute Gasteiger partial charge is 0.355 e. The average molecular weight is 392 g/mol. The number of piperidine rings is 1. The minimum Gasteiger partial charge on any atom is -0.355 e. The van der Waals surface area contributed by atoms with Gasteiger partial charge in [0.15, 0.2) is 5.84 Å². The molecule has 0 saturated carbocycles. The van der Waals surface area contributed by atoms with Gasteiger partial charge in [0.1, 0.15) is 4.90 Å². The van der Waals surface area contributed by atoms with Crippen LogP contribution in [0.25, 0.3) is 0 Å². The number of hydrogen-bond donors (Lipinski definition) is 0. The highest BCUT2D eigenvalue weighted by Gasteiger charge is 2.34. The topological polar surface area (TPSA) is 78.8 Å². The van der Waals surface area contributed by atoms with E-state index in [1.807, 2.05) is 24.1 Å². The minimum absolute atomic E-state index is 0.207. The van der Waals surface area contributed by atoms with Crippen LogP contribution in [0, 0.1) is 0 Å². The molecule has 7 nitrogen and oxygen atoms in total. The third-order valence-corrected chi connectivity index (χ3v) is 6.37. The Labute approximate surface area is 157 Å². The van der Waals surface area contributed by atoms with Crippen molar-refractivity contribution in [3.8, 4) is 0 Å². The number of nitrogens with zero attached hydrogens (tertiary/aromatic N) is 5. The van der Waals surface area contributed by atoms with E-state index in [9.17, 15) is 8.42 Å². The van der Waals surface area contributed by atoms with Gasteiger partial charge in [0.2, 0.25) is 5.95 Å². The maximum absolute atomic E-state index is 12.3. The summed E-state index contributed by atoms with van der Waals surface area (Å²) in [5, 5.41) is 0.516. The summed E-state index contributed by atoms with van der Waals surface area (Å²) in [6.45, 7) is 1.58. The fourth-order valence-electron chi connectivity index (χ4n) is 3.44. The quantitative estimate of drug-likeness (QED) is 0.780. The summed E-state index contributed by atoms with van der Waals surface area (Å²) in [7, 11) is -1.68. The van der Waals surface area contributed by atoms with Gasteiger partial charge < -0.3 is 9.80 Å². The number of anilines is 1. The summed E-state index contributed by atoms with van der Waals surface area (Å²) < 4.78 is 28.5. The molecule has 0 amide bonds. The molecule has 0 aliphatic carbocycles. The molecule has 0 N–H and O–H groups in total. The highest BCUT2D eigenvalue weighted by atomic mass is 35.5. The third-order valence-electron chi connectivity index (χ3n) is 4.85. The predicted molar refractivity (Wildman–Crippen MR) is 100 cm³/mol. The Kier molecular flexibility index (Phi) is 4.32. The number of amidine groups is 1. The van der Waals surface area contributed by atoms with Gasteiger partial charge in [-0.1, -0.05) is 23.7 Å². The van der Waals surface area contributed by atoms with Crippen LogP contribution in [0.15, 0.2) is 46.0 Å². The molecule has 0 spiro atoms. The first kappa shape index (κ1) is 17.2. The molecule has 1 fully saturated rings. The van der Waals surface area contributed by atoms with E-state index in [0.717, 1.165) is 25.9 Å². The summed E-state index contributed by atoms with van der Waals surface area (Å²) in [5.74, 6) is 1.20. The van der Waals surface area contributed by atoms with Crippen LogP contribution in [0.3, 0.4) is 0 Å².